The fraction of sp³-hybridized carbons (Fsp3) is 0.0625. The summed E-state index contributed by atoms with van der Waals surface area (Å²) in [5.74, 6) is 0.228. The number of hydrogen-bond donors (Lipinski definition) is 1. The lowest BCUT2D eigenvalue weighted by Crippen LogP contribution is -2.13. The van der Waals surface area contributed by atoms with Crippen LogP contribution in [-0.4, -0.2) is 16.6 Å². The van der Waals surface area contributed by atoms with Crippen molar-refractivity contribution in [2.24, 2.45) is 0 Å². The molecule has 0 atom stereocenters. The molecule has 0 spiro atoms. The van der Waals surface area contributed by atoms with Gasteiger partial charge < -0.3 is 9.73 Å². The molecule has 2 aromatic carbocycles. The number of benzene rings is 2. The number of carbonyl (C=O) groups excluding carboxylic acids is 1. The molecule has 0 bridgehead atoms. The summed E-state index contributed by atoms with van der Waals surface area (Å²) in [6, 6.07) is 10.6. The van der Waals surface area contributed by atoms with Crippen LogP contribution >= 0.6 is 39.3 Å². The fourth-order valence-corrected chi connectivity index (χ4v) is 2.90. The Morgan fingerprint density at radius 1 is 1.38 bits per heavy atom. The van der Waals surface area contributed by atoms with E-state index >= 15 is 0 Å². The number of rotatable bonds is 4. The Bertz CT molecular complexity index is 968. The quantitative estimate of drug-likeness (QED) is 0.594. The molecule has 0 aliphatic heterocycles. The van der Waals surface area contributed by atoms with Gasteiger partial charge in [-0.05, 0) is 48.2 Å². The number of nitrogens with one attached hydrogen (secondary N) is 1. The molecule has 0 radical (unpaired) electrons. The zero-order valence-corrected chi connectivity index (χ0v) is 15.2. The molecular weight excluding hydrogens is 414 g/mol. The molecule has 1 aromatic heterocycles. The van der Waals surface area contributed by atoms with Crippen molar-refractivity contribution in [3.8, 4) is 16.9 Å². The normalized spacial score (nSPS) is 10.5. The minimum Gasteiger partial charge on any atom is -0.436 e. The number of anilines is 1. The van der Waals surface area contributed by atoms with E-state index in [1.807, 2.05) is 17.5 Å². The predicted molar refractivity (Wildman–Crippen MR) is 98.9 cm³/mol. The van der Waals surface area contributed by atoms with Crippen molar-refractivity contribution in [3.05, 3.63) is 45.9 Å². The lowest BCUT2D eigenvalue weighted by molar-refractivity contribution is -0.113. The summed E-state index contributed by atoms with van der Waals surface area (Å²) in [6.07, 6.45) is 0. The molecule has 1 amide bonds. The van der Waals surface area contributed by atoms with Crippen LogP contribution in [0.15, 0.2) is 45.3 Å². The van der Waals surface area contributed by atoms with E-state index in [2.05, 4.69) is 26.2 Å². The zero-order valence-electron chi connectivity index (χ0n) is 12.0. The number of nitriles is 1. The van der Waals surface area contributed by atoms with Crippen molar-refractivity contribution >= 4 is 62.0 Å². The van der Waals surface area contributed by atoms with E-state index in [4.69, 9.17) is 21.3 Å². The molecule has 0 saturated carbocycles. The lowest BCUT2D eigenvalue weighted by Gasteiger charge is -2.02. The van der Waals surface area contributed by atoms with Gasteiger partial charge in [-0.1, -0.05) is 27.5 Å². The van der Waals surface area contributed by atoms with Crippen LogP contribution < -0.4 is 5.32 Å². The number of halogens is 2. The van der Waals surface area contributed by atoms with Gasteiger partial charge in [0.25, 0.3) is 0 Å². The molecule has 3 rings (SSSR count). The predicted octanol–water partition coefficient (Wildman–Crippen LogP) is 5.06. The van der Waals surface area contributed by atoms with Crippen molar-refractivity contribution in [1.82, 2.24) is 4.98 Å². The van der Waals surface area contributed by atoms with Crippen molar-refractivity contribution < 1.29 is 9.21 Å². The minimum atomic E-state index is -0.250. The highest BCUT2D eigenvalue weighted by Crippen LogP contribution is 2.32. The first-order valence-corrected chi connectivity index (χ1v) is 8.89. The van der Waals surface area contributed by atoms with Gasteiger partial charge in [-0.3, -0.25) is 4.79 Å². The van der Waals surface area contributed by atoms with Crippen LogP contribution in [0.3, 0.4) is 0 Å². The highest BCUT2D eigenvalue weighted by atomic mass is 79.9. The monoisotopic (exact) mass is 421 g/mol. The Morgan fingerprint density at radius 2 is 2.21 bits per heavy atom. The molecule has 0 unspecified atom stereocenters. The Balaban J connectivity index is 1.90. The molecule has 8 heteroatoms. The van der Waals surface area contributed by atoms with Crippen molar-refractivity contribution in [2.45, 2.75) is 0 Å². The van der Waals surface area contributed by atoms with Crippen molar-refractivity contribution in [2.75, 3.05) is 11.1 Å². The van der Waals surface area contributed by atoms with Crippen LogP contribution in [-0.2, 0) is 4.79 Å². The maximum Gasteiger partial charge on any atom is 0.235 e. The van der Waals surface area contributed by atoms with Crippen molar-refractivity contribution in [1.29, 1.82) is 5.26 Å². The Hall–Kier alpha value is -2.01. The van der Waals surface area contributed by atoms with Crippen molar-refractivity contribution in [3.63, 3.8) is 0 Å². The van der Waals surface area contributed by atoms with Gasteiger partial charge in [-0.25, -0.2) is 4.98 Å². The molecule has 24 heavy (non-hydrogen) atoms. The summed E-state index contributed by atoms with van der Waals surface area (Å²) in [7, 11) is 0. The first-order valence-electron chi connectivity index (χ1n) is 6.73. The molecule has 0 aliphatic rings. The lowest BCUT2D eigenvalue weighted by atomic mass is 10.2. The molecule has 3 aromatic rings. The third kappa shape index (κ3) is 3.73. The number of thioether (sulfide) groups is 1. The first kappa shape index (κ1) is 16.8. The molecular formula is C16H9BrClN3O2S. The number of aromatic nitrogens is 1. The molecule has 1 heterocycles. The number of thiocyanates is 1. The number of hydrogen-bond acceptors (Lipinski definition) is 5. The highest BCUT2D eigenvalue weighted by molar-refractivity contribution is 9.10. The van der Waals surface area contributed by atoms with Crippen LogP contribution in [0.2, 0.25) is 5.02 Å². The van der Waals surface area contributed by atoms with Crippen LogP contribution in [0.4, 0.5) is 5.69 Å². The largest absolute Gasteiger partial charge is 0.436 e. The Kier molecular flexibility index (Phi) is 5.09. The molecule has 0 fully saturated rings. The summed E-state index contributed by atoms with van der Waals surface area (Å²) >= 11 is 10.5. The van der Waals surface area contributed by atoms with E-state index in [0.29, 0.717) is 33.3 Å². The number of nitrogens with zero attached hydrogens (tertiary/aromatic N) is 2. The van der Waals surface area contributed by atoms with Gasteiger partial charge in [0, 0.05) is 10.2 Å². The summed E-state index contributed by atoms with van der Waals surface area (Å²) in [5, 5.41) is 13.6. The summed E-state index contributed by atoms with van der Waals surface area (Å²) in [4.78, 5) is 16.1. The highest BCUT2D eigenvalue weighted by Gasteiger charge is 2.13. The summed E-state index contributed by atoms with van der Waals surface area (Å²) in [5.41, 5.74) is 2.46. The second-order valence-corrected chi connectivity index (χ2v) is 6.84. The molecule has 0 saturated heterocycles. The van der Waals surface area contributed by atoms with Crippen LogP contribution in [0.5, 0.6) is 0 Å². The van der Waals surface area contributed by atoms with Gasteiger partial charge in [-0.2, -0.15) is 5.26 Å². The standard InChI is InChI=1S/C16H9BrClN3O2S/c17-9-1-3-12(18)11(5-9)16-21-13-6-10(2-4-14(13)23-16)20-15(22)7-24-8-19/h1-6H,7H2,(H,20,22). The molecule has 5 nitrogen and oxygen atoms in total. The van der Waals surface area contributed by atoms with Gasteiger partial charge in [-0.15, -0.1) is 0 Å². The third-order valence-corrected chi connectivity index (χ3v) is 4.46. The average molecular weight is 423 g/mol. The van der Waals surface area contributed by atoms with E-state index in [1.165, 1.54) is 0 Å². The van der Waals surface area contributed by atoms with Gasteiger partial charge in [0.2, 0.25) is 11.8 Å². The van der Waals surface area contributed by atoms with E-state index in [1.54, 1.807) is 24.3 Å². The van der Waals surface area contributed by atoms with Gasteiger partial charge in [0.1, 0.15) is 10.9 Å². The third-order valence-electron chi connectivity index (χ3n) is 3.10. The number of oxazole rings is 1. The smallest absolute Gasteiger partial charge is 0.235 e. The number of fused-ring (bicyclic) bond motifs is 1. The van der Waals surface area contributed by atoms with E-state index in [0.717, 1.165) is 16.2 Å². The van der Waals surface area contributed by atoms with Crippen LogP contribution in [0.1, 0.15) is 0 Å². The second-order valence-electron chi connectivity index (χ2n) is 4.75. The van der Waals surface area contributed by atoms with E-state index in [9.17, 15) is 4.79 Å². The minimum absolute atomic E-state index is 0.0756. The van der Waals surface area contributed by atoms with Crippen LogP contribution in [0.25, 0.3) is 22.6 Å². The maximum atomic E-state index is 11.7. The van der Waals surface area contributed by atoms with Gasteiger partial charge >= 0.3 is 0 Å². The zero-order chi connectivity index (χ0) is 17.1. The summed E-state index contributed by atoms with van der Waals surface area (Å²) < 4.78 is 6.61. The SMILES string of the molecule is N#CSCC(=O)Nc1ccc2oc(-c3cc(Br)ccc3Cl)nc2c1. The first-order chi connectivity index (χ1) is 11.6. The van der Waals surface area contributed by atoms with E-state index < -0.39 is 0 Å². The molecule has 1 N–H and O–H groups in total. The maximum absolute atomic E-state index is 11.7. The summed E-state index contributed by atoms with van der Waals surface area (Å²) in [6.45, 7) is 0. The molecule has 120 valence electrons. The van der Waals surface area contributed by atoms with Gasteiger partial charge in [0.05, 0.1) is 16.3 Å². The molecule has 0 aliphatic carbocycles. The Morgan fingerprint density at radius 3 is 3.00 bits per heavy atom. The Labute approximate surface area is 155 Å². The average Bonchev–Trinajstić information content (AvgIpc) is 2.98. The number of carbonyl (C=O) groups is 1. The second kappa shape index (κ2) is 7.26. The fourth-order valence-electron chi connectivity index (χ4n) is 2.08. The van der Waals surface area contributed by atoms with Gasteiger partial charge in [0.15, 0.2) is 5.58 Å². The van der Waals surface area contributed by atoms with E-state index in [-0.39, 0.29) is 11.7 Å². The topological polar surface area (TPSA) is 78.9 Å². The van der Waals surface area contributed by atoms with Crippen LogP contribution in [0, 0.1) is 10.7 Å². The number of amides is 1.